The SMILES string of the molecule is C=CC(=O)NCc1ccccc1COC. The third-order valence-electron chi connectivity index (χ3n) is 2.06. The number of hydrogen-bond acceptors (Lipinski definition) is 2. The molecule has 0 saturated carbocycles. The Morgan fingerprint density at radius 2 is 2.13 bits per heavy atom. The Kier molecular flexibility index (Phi) is 4.57. The normalized spacial score (nSPS) is 9.67. The maximum atomic E-state index is 11.0. The van der Waals surface area contributed by atoms with E-state index in [2.05, 4.69) is 11.9 Å². The van der Waals surface area contributed by atoms with Gasteiger partial charge in [0, 0.05) is 13.7 Å². The minimum Gasteiger partial charge on any atom is -0.380 e. The monoisotopic (exact) mass is 205 g/mol. The second-order valence-electron chi connectivity index (χ2n) is 3.12. The van der Waals surface area contributed by atoms with E-state index in [0.29, 0.717) is 13.2 Å². The molecule has 3 nitrogen and oxygen atoms in total. The molecule has 0 spiro atoms. The zero-order chi connectivity index (χ0) is 11.1. The summed E-state index contributed by atoms with van der Waals surface area (Å²) in [5, 5.41) is 2.73. The van der Waals surface area contributed by atoms with Gasteiger partial charge in [-0.05, 0) is 17.2 Å². The summed E-state index contributed by atoms with van der Waals surface area (Å²) >= 11 is 0. The number of methoxy groups -OCH3 is 1. The minimum atomic E-state index is -0.165. The Morgan fingerprint density at radius 3 is 2.73 bits per heavy atom. The number of hydrogen-bond donors (Lipinski definition) is 1. The van der Waals surface area contributed by atoms with Crippen LogP contribution in [0.25, 0.3) is 0 Å². The quantitative estimate of drug-likeness (QED) is 0.742. The molecule has 0 aliphatic carbocycles. The lowest BCUT2D eigenvalue weighted by Gasteiger charge is -2.08. The van der Waals surface area contributed by atoms with Crippen LogP contribution in [0.1, 0.15) is 11.1 Å². The largest absolute Gasteiger partial charge is 0.380 e. The molecule has 1 rings (SSSR count). The van der Waals surface area contributed by atoms with Gasteiger partial charge in [-0.25, -0.2) is 0 Å². The van der Waals surface area contributed by atoms with Crippen LogP contribution in [0, 0.1) is 0 Å². The van der Waals surface area contributed by atoms with Gasteiger partial charge < -0.3 is 10.1 Å². The average molecular weight is 205 g/mol. The molecule has 1 amide bonds. The van der Waals surface area contributed by atoms with Gasteiger partial charge in [0.1, 0.15) is 0 Å². The van der Waals surface area contributed by atoms with Gasteiger partial charge in [0.2, 0.25) is 5.91 Å². The van der Waals surface area contributed by atoms with E-state index in [1.165, 1.54) is 6.08 Å². The van der Waals surface area contributed by atoms with E-state index in [0.717, 1.165) is 11.1 Å². The number of rotatable bonds is 5. The fourth-order valence-electron chi connectivity index (χ4n) is 1.28. The van der Waals surface area contributed by atoms with Crippen LogP contribution in [0.4, 0.5) is 0 Å². The highest BCUT2D eigenvalue weighted by Gasteiger charge is 2.01. The lowest BCUT2D eigenvalue weighted by molar-refractivity contribution is -0.116. The fourth-order valence-corrected chi connectivity index (χ4v) is 1.28. The van der Waals surface area contributed by atoms with Crippen molar-refractivity contribution >= 4 is 5.91 Å². The number of amides is 1. The van der Waals surface area contributed by atoms with Crippen molar-refractivity contribution in [3.8, 4) is 0 Å². The third-order valence-corrected chi connectivity index (χ3v) is 2.06. The summed E-state index contributed by atoms with van der Waals surface area (Å²) < 4.78 is 5.07. The number of carbonyl (C=O) groups excluding carboxylic acids is 1. The lowest BCUT2D eigenvalue weighted by Crippen LogP contribution is -2.20. The molecule has 3 heteroatoms. The van der Waals surface area contributed by atoms with E-state index in [-0.39, 0.29) is 5.91 Å². The van der Waals surface area contributed by atoms with Crippen molar-refractivity contribution in [1.29, 1.82) is 0 Å². The number of benzene rings is 1. The van der Waals surface area contributed by atoms with Crippen molar-refractivity contribution in [2.45, 2.75) is 13.2 Å². The van der Waals surface area contributed by atoms with Gasteiger partial charge >= 0.3 is 0 Å². The van der Waals surface area contributed by atoms with Crippen LogP contribution >= 0.6 is 0 Å². The Morgan fingerprint density at radius 1 is 1.47 bits per heavy atom. The highest BCUT2D eigenvalue weighted by atomic mass is 16.5. The Bertz CT molecular complexity index is 347. The first-order valence-electron chi connectivity index (χ1n) is 4.74. The smallest absolute Gasteiger partial charge is 0.243 e. The van der Waals surface area contributed by atoms with Crippen molar-refractivity contribution in [1.82, 2.24) is 5.32 Å². The van der Waals surface area contributed by atoms with Gasteiger partial charge in [0.25, 0.3) is 0 Å². The van der Waals surface area contributed by atoms with Crippen LogP contribution in [0.15, 0.2) is 36.9 Å². The van der Waals surface area contributed by atoms with Crippen LogP contribution in [-0.4, -0.2) is 13.0 Å². The summed E-state index contributed by atoms with van der Waals surface area (Å²) in [7, 11) is 1.65. The molecule has 1 N–H and O–H groups in total. The molecule has 0 bridgehead atoms. The van der Waals surface area contributed by atoms with Crippen molar-refractivity contribution in [2.24, 2.45) is 0 Å². The van der Waals surface area contributed by atoms with E-state index in [9.17, 15) is 4.79 Å². The van der Waals surface area contributed by atoms with Crippen molar-refractivity contribution in [2.75, 3.05) is 7.11 Å². The maximum Gasteiger partial charge on any atom is 0.243 e. The zero-order valence-corrected chi connectivity index (χ0v) is 8.82. The summed E-state index contributed by atoms with van der Waals surface area (Å²) in [6.07, 6.45) is 1.26. The van der Waals surface area contributed by atoms with Crippen LogP contribution < -0.4 is 5.32 Å². The Labute approximate surface area is 89.8 Å². The first kappa shape index (κ1) is 11.5. The van der Waals surface area contributed by atoms with Gasteiger partial charge in [-0.1, -0.05) is 30.8 Å². The van der Waals surface area contributed by atoms with E-state index in [1.54, 1.807) is 7.11 Å². The predicted molar refractivity (Wildman–Crippen MR) is 59.2 cm³/mol. The van der Waals surface area contributed by atoms with Gasteiger partial charge in [-0.3, -0.25) is 4.79 Å². The molecule has 0 heterocycles. The molecule has 0 aliphatic rings. The minimum absolute atomic E-state index is 0.165. The van der Waals surface area contributed by atoms with Crippen LogP contribution in [0.5, 0.6) is 0 Å². The summed E-state index contributed by atoms with van der Waals surface area (Å²) in [5.74, 6) is -0.165. The summed E-state index contributed by atoms with van der Waals surface area (Å²) in [6, 6.07) is 7.85. The summed E-state index contributed by atoms with van der Waals surface area (Å²) in [4.78, 5) is 11.0. The summed E-state index contributed by atoms with van der Waals surface area (Å²) in [6.45, 7) is 4.45. The molecule has 0 radical (unpaired) electrons. The topological polar surface area (TPSA) is 38.3 Å². The first-order valence-corrected chi connectivity index (χ1v) is 4.74. The zero-order valence-electron chi connectivity index (χ0n) is 8.82. The standard InChI is InChI=1S/C12H15NO2/c1-3-12(14)13-8-10-6-4-5-7-11(10)9-15-2/h3-7H,1,8-9H2,2H3,(H,13,14). The highest BCUT2D eigenvalue weighted by molar-refractivity contribution is 5.86. The van der Waals surface area contributed by atoms with Gasteiger partial charge in [0.15, 0.2) is 0 Å². The molecule has 0 fully saturated rings. The van der Waals surface area contributed by atoms with Crippen molar-refractivity contribution < 1.29 is 9.53 Å². The molecular weight excluding hydrogens is 190 g/mol. The molecule has 0 saturated heterocycles. The maximum absolute atomic E-state index is 11.0. The van der Waals surface area contributed by atoms with Crippen LogP contribution in [0.3, 0.4) is 0 Å². The fraction of sp³-hybridized carbons (Fsp3) is 0.250. The van der Waals surface area contributed by atoms with E-state index in [1.807, 2.05) is 24.3 Å². The van der Waals surface area contributed by atoms with E-state index in [4.69, 9.17) is 4.74 Å². The highest BCUT2D eigenvalue weighted by Crippen LogP contribution is 2.09. The van der Waals surface area contributed by atoms with Gasteiger partial charge in [-0.2, -0.15) is 0 Å². The molecule has 0 atom stereocenters. The second kappa shape index (κ2) is 5.98. The van der Waals surface area contributed by atoms with Crippen molar-refractivity contribution in [3.63, 3.8) is 0 Å². The molecule has 0 unspecified atom stereocenters. The summed E-state index contributed by atoms with van der Waals surface area (Å²) in [5.41, 5.74) is 2.15. The predicted octanol–water partition coefficient (Wildman–Crippen LogP) is 1.64. The number of nitrogens with one attached hydrogen (secondary N) is 1. The second-order valence-corrected chi connectivity index (χ2v) is 3.12. The third kappa shape index (κ3) is 3.56. The average Bonchev–Trinajstić information content (AvgIpc) is 2.28. The van der Waals surface area contributed by atoms with E-state index < -0.39 is 0 Å². The molecule has 15 heavy (non-hydrogen) atoms. The Balaban J connectivity index is 2.66. The first-order chi connectivity index (χ1) is 7.27. The Hall–Kier alpha value is -1.61. The van der Waals surface area contributed by atoms with Gasteiger partial charge in [0.05, 0.1) is 6.61 Å². The molecule has 80 valence electrons. The number of carbonyl (C=O) groups is 1. The van der Waals surface area contributed by atoms with E-state index >= 15 is 0 Å². The molecule has 0 aliphatic heterocycles. The lowest BCUT2D eigenvalue weighted by atomic mass is 10.1. The molecule has 1 aromatic rings. The molecular formula is C12H15NO2. The van der Waals surface area contributed by atoms with Crippen molar-refractivity contribution in [3.05, 3.63) is 48.0 Å². The van der Waals surface area contributed by atoms with Crippen LogP contribution in [0.2, 0.25) is 0 Å². The van der Waals surface area contributed by atoms with Crippen LogP contribution in [-0.2, 0) is 22.7 Å². The molecule has 0 aromatic heterocycles. The molecule has 1 aromatic carbocycles. The number of ether oxygens (including phenoxy) is 1. The van der Waals surface area contributed by atoms with Gasteiger partial charge in [-0.15, -0.1) is 0 Å².